The molecule has 0 saturated carbocycles. The summed E-state index contributed by atoms with van der Waals surface area (Å²) < 4.78 is 0. The van der Waals surface area contributed by atoms with Crippen LogP contribution in [0.3, 0.4) is 0 Å². The van der Waals surface area contributed by atoms with Crippen LogP contribution in [0.4, 0.5) is 0 Å². The summed E-state index contributed by atoms with van der Waals surface area (Å²) in [7, 11) is 0. The third kappa shape index (κ3) is 2.93. The van der Waals surface area contributed by atoms with Crippen LogP contribution in [0.25, 0.3) is 0 Å². The molecule has 15 heavy (non-hydrogen) atoms. The van der Waals surface area contributed by atoms with Gasteiger partial charge in [0, 0.05) is 19.6 Å². The van der Waals surface area contributed by atoms with Crippen molar-refractivity contribution in [2.24, 2.45) is 0 Å². The molecule has 0 unspecified atom stereocenters. The van der Waals surface area contributed by atoms with E-state index in [1.54, 1.807) is 5.57 Å². The maximum atomic E-state index is 2.52. The summed E-state index contributed by atoms with van der Waals surface area (Å²) in [6, 6.07) is 10.7. The lowest BCUT2D eigenvalue weighted by atomic mass is 10.2. The largest absolute Gasteiger partial charge is 0.295 e. The van der Waals surface area contributed by atoms with E-state index in [9.17, 15) is 0 Å². The van der Waals surface area contributed by atoms with Crippen molar-refractivity contribution < 1.29 is 0 Å². The summed E-state index contributed by atoms with van der Waals surface area (Å²) in [4.78, 5) is 2.52. The Morgan fingerprint density at radius 1 is 1.27 bits per heavy atom. The Balaban J connectivity index is 1.90. The first-order chi connectivity index (χ1) is 7.38. The van der Waals surface area contributed by atoms with Gasteiger partial charge in [0.2, 0.25) is 0 Å². The van der Waals surface area contributed by atoms with E-state index in [2.05, 4.69) is 48.2 Å². The van der Waals surface area contributed by atoms with E-state index in [1.807, 2.05) is 0 Å². The zero-order valence-corrected chi connectivity index (χ0v) is 9.45. The molecule has 1 aromatic carbocycles. The highest BCUT2D eigenvalue weighted by Gasteiger charge is 2.15. The van der Waals surface area contributed by atoms with E-state index >= 15 is 0 Å². The van der Waals surface area contributed by atoms with E-state index in [0.717, 1.165) is 6.54 Å². The Hall–Kier alpha value is -1.08. The molecule has 0 atom stereocenters. The molecule has 80 valence electrons. The Morgan fingerprint density at radius 3 is 2.80 bits per heavy atom. The smallest absolute Gasteiger partial charge is 0.0237 e. The maximum Gasteiger partial charge on any atom is 0.0237 e. The maximum absolute atomic E-state index is 2.52. The van der Waals surface area contributed by atoms with Crippen LogP contribution < -0.4 is 0 Å². The zero-order chi connectivity index (χ0) is 10.5. The van der Waals surface area contributed by atoms with Gasteiger partial charge in [-0.15, -0.1) is 0 Å². The minimum Gasteiger partial charge on any atom is -0.295 e. The van der Waals surface area contributed by atoms with Gasteiger partial charge in [-0.2, -0.15) is 0 Å². The molecule has 0 aromatic heterocycles. The molecule has 1 heterocycles. The topological polar surface area (TPSA) is 3.24 Å². The predicted molar refractivity (Wildman–Crippen MR) is 64.7 cm³/mol. The lowest BCUT2D eigenvalue weighted by Gasteiger charge is -2.13. The fraction of sp³-hybridized carbons (Fsp3) is 0.429. The van der Waals surface area contributed by atoms with Gasteiger partial charge in [-0.05, 0) is 18.4 Å². The van der Waals surface area contributed by atoms with Crippen molar-refractivity contribution >= 4 is 0 Å². The van der Waals surface area contributed by atoms with Gasteiger partial charge >= 0.3 is 0 Å². The molecule has 1 aromatic rings. The van der Waals surface area contributed by atoms with Gasteiger partial charge in [0.05, 0.1) is 0 Å². The Kier molecular flexibility index (Phi) is 3.57. The summed E-state index contributed by atoms with van der Waals surface area (Å²) in [6.45, 7) is 5.71. The zero-order valence-electron chi connectivity index (χ0n) is 9.45. The molecule has 2 rings (SSSR count). The van der Waals surface area contributed by atoms with Crippen molar-refractivity contribution in [1.29, 1.82) is 0 Å². The van der Waals surface area contributed by atoms with Gasteiger partial charge < -0.3 is 0 Å². The minimum atomic E-state index is 1.10. The average Bonchev–Trinajstić information content (AvgIpc) is 2.68. The fourth-order valence-corrected chi connectivity index (χ4v) is 2.18. The van der Waals surface area contributed by atoms with E-state index in [0.29, 0.717) is 0 Å². The van der Waals surface area contributed by atoms with Crippen LogP contribution >= 0.6 is 0 Å². The summed E-state index contributed by atoms with van der Waals surface area (Å²) in [5.74, 6) is 0. The number of likely N-dealkylation sites (tertiary alicyclic amines) is 1. The molecule has 1 aliphatic rings. The van der Waals surface area contributed by atoms with Crippen molar-refractivity contribution in [3.8, 4) is 0 Å². The van der Waals surface area contributed by atoms with Gasteiger partial charge in [0.15, 0.2) is 0 Å². The average molecular weight is 201 g/mol. The molecule has 0 spiro atoms. The molecule has 0 aliphatic carbocycles. The minimum absolute atomic E-state index is 1.10. The highest BCUT2D eigenvalue weighted by atomic mass is 15.1. The van der Waals surface area contributed by atoms with Crippen molar-refractivity contribution in [3.63, 3.8) is 0 Å². The Labute approximate surface area is 92.4 Å². The summed E-state index contributed by atoms with van der Waals surface area (Å²) in [5, 5.41) is 0. The first-order valence-electron chi connectivity index (χ1n) is 5.82. The second-order valence-electron chi connectivity index (χ2n) is 4.22. The van der Waals surface area contributed by atoms with Crippen LogP contribution in [0, 0.1) is 0 Å². The van der Waals surface area contributed by atoms with Gasteiger partial charge in [-0.3, -0.25) is 4.90 Å². The van der Waals surface area contributed by atoms with Crippen LogP contribution in [0.15, 0.2) is 42.0 Å². The van der Waals surface area contributed by atoms with Crippen LogP contribution in [-0.2, 0) is 6.54 Å². The Bertz CT molecular complexity index is 326. The summed E-state index contributed by atoms with van der Waals surface area (Å²) >= 11 is 0. The predicted octanol–water partition coefficient (Wildman–Crippen LogP) is 3.23. The first kappa shape index (κ1) is 10.4. The third-order valence-electron chi connectivity index (χ3n) is 2.92. The number of rotatable bonds is 3. The van der Waals surface area contributed by atoms with Crippen LogP contribution in [0.2, 0.25) is 0 Å². The standard InChI is InChI=1S/C14H19N/c1-2-6-13-9-10-15(11-13)12-14-7-4-3-5-8-14/h3-8H,2,9-12H2,1H3/b13-6+. The highest BCUT2D eigenvalue weighted by molar-refractivity contribution is 5.16. The summed E-state index contributed by atoms with van der Waals surface area (Å²) in [6.07, 6.45) is 4.82. The van der Waals surface area contributed by atoms with Crippen molar-refractivity contribution in [3.05, 3.63) is 47.5 Å². The van der Waals surface area contributed by atoms with Gasteiger partial charge in [-0.1, -0.05) is 48.9 Å². The number of nitrogens with zero attached hydrogens (tertiary/aromatic N) is 1. The molecule has 0 amide bonds. The molecule has 1 nitrogen and oxygen atoms in total. The second kappa shape index (κ2) is 5.13. The summed E-state index contributed by atoms with van der Waals surface area (Å²) in [5.41, 5.74) is 3.05. The van der Waals surface area contributed by atoms with E-state index in [4.69, 9.17) is 0 Å². The monoisotopic (exact) mass is 201 g/mol. The van der Waals surface area contributed by atoms with Crippen molar-refractivity contribution in [2.75, 3.05) is 13.1 Å². The van der Waals surface area contributed by atoms with Gasteiger partial charge in [0.1, 0.15) is 0 Å². The molecule has 1 fully saturated rings. The van der Waals surface area contributed by atoms with Crippen LogP contribution in [0.1, 0.15) is 25.3 Å². The lowest BCUT2D eigenvalue weighted by molar-refractivity contribution is 0.337. The number of hydrogen-bond acceptors (Lipinski definition) is 1. The SMILES string of the molecule is CC/C=C1\CCN(Cc2ccccc2)C1. The third-order valence-corrected chi connectivity index (χ3v) is 2.92. The first-order valence-corrected chi connectivity index (χ1v) is 5.82. The van der Waals surface area contributed by atoms with Crippen LogP contribution in [-0.4, -0.2) is 18.0 Å². The molecule has 1 saturated heterocycles. The van der Waals surface area contributed by atoms with E-state index in [-0.39, 0.29) is 0 Å². The van der Waals surface area contributed by atoms with Crippen LogP contribution in [0.5, 0.6) is 0 Å². The Morgan fingerprint density at radius 2 is 2.07 bits per heavy atom. The molecule has 0 N–H and O–H groups in total. The quantitative estimate of drug-likeness (QED) is 0.679. The molecular formula is C14H19N. The number of allylic oxidation sites excluding steroid dienone is 1. The number of benzene rings is 1. The van der Waals surface area contributed by atoms with Crippen molar-refractivity contribution in [2.45, 2.75) is 26.3 Å². The van der Waals surface area contributed by atoms with Crippen molar-refractivity contribution in [1.82, 2.24) is 4.90 Å². The molecule has 0 radical (unpaired) electrons. The second-order valence-corrected chi connectivity index (χ2v) is 4.22. The van der Waals surface area contributed by atoms with E-state index in [1.165, 1.54) is 31.5 Å². The molecule has 1 aliphatic heterocycles. The molecule has 0 bridgehead atoms. The molecular weight excluding hydrogens is 182 g/mol. The lowest BCUT2D eigenvalue weighted by Crippen LogP contribution is -2.18. The normalized spacial score (nSPS) is 19.9. The van der Waals surface area contributed by atoms with E-state index < -0.39 is 0 Å². The fourth-order valence-electron chi connectivity index (χ4n) is 2.18. The van der Waals surface area contributed by atoms with Gasteiger partial charge in [0.25, 0.3) is 0 Å². The highest BCUT2D eigenvalue weighted by Crippen LogP contribution is 2.17. The molecule has 1 heteroatoms. The number of hydrogen-bond donors (Lipinski definition) is 0. The van der Waals surface area contributed by atoms with Gasteiger partial charge in [-0.25, -0.2) is 0 Å².